The van der Waals surface area contributed by atoms with Crippen molar-refractivity contribution in [1.82, 2.24) is 15.5 Å². The summed E-state index contributed by atoms with van der Waals surface area (Å²) in [4.78, 5) is 14.1. The first-order valence-electron chi connectivity index (χ1n) is 7.56. The van der Waals surface area contributed by atoms with E-state index in [9.17, 15) is 4.79 Å². The number of carbonyl (C=O) groups excluding carboxylic acids is 1. The zero-order valence-electron chi connectivity index (χ0n) is 12.8. The zero-order valence-corrected chi connectivity index (χ0v) is 12.8. The average molecular weight is 292 g/mol. The molecule has 6 heteroatoms. The number of ether oxygens (including phenoxy) is 1. The van der Waals surface area contributed by atoms with E-state index in [4.69, 9.17) is 4.74 Å². The van der Waals surface area contributed by atoms with Gasteiger partial charge >= 0.3 is 0 Å². The van der Waals surface area contributed by atoms with Crippen LogP contribution < -0.4 is 10.2 Å². The van der Waals surface area contributed by atoms with Crippen LogP contribution in [0.4, 0.5) is 5.82 Å². The molecule has 0 radical (unpaired) electrons. The molecule has 2 heterocycles. The van der Waals surface area contributed by atoms with Gasteiger partial charge in [0, 0.05) is 33.4 Å². The summed E-state index contributed by atoms with van der Waals surface area (Å²) in [6, 6.07) is 3.62. The second kappa shape index (κ2) is 7.93. The fourth-order valence-electron chi connectivity index (χ4n) is 2.36. The third-order valence-electron chi connectivity index (χ3n) is 3.80. The summed E-state index contributed by atoms with van der Waals surface area (Å²) in [7, 11) is 1.65. The summed E-state index contributed by atoms with van der Waals surface area (Å²) in [6.07, 6.45) is 3.16. The van der Waals surface area contributed by atoms with Crippen LogP contribution in [-0.4, -0.2) is 49.5 Å². The van der Waals surface area contributed by atoms with Gasteiger partial charge < -0.3 is 15.0 Å². The normalized spacial score (nSPS) is 16.0. The number of hydrogen-bond acceptors (Lipinski definition) is 5. The Morgan fingerprint density at radius 2 is 2.14 bits per heavy atom. The standard InChI is InChI=1S/C15H24N4O2/c1-12-6-9-19(10-7-12)14-5-4-13(17-18-14)15(20)16-8-3-11-21-2/h4-5,12H,3,6-11H2,1-2H3,(H,16,20). The van der Waals surface area contributed by atoms with Crippen LogP contribution in [0.25, 0.3) is 0 Å². The van der Waals surface area contributed by atoms with Crippen molar-refractivity contribution < 1.29 is 9.53 Å². The van der Waals surface area contributed by atoms with Crippen LogP contribution >= 0.6 is 0 Å². The lowest BCUT2D eigenvalue weighted by atomic mass is 9.99. The van der Waals surface area contributed by atoms with Crippen LogP contribution in [0, 0.1) is 5.92 Å². The van der Waals surface area contributed by atoms with E-state index in [2.05, 4.69) is 27.3 Å². The van der Waals surface area contributed by atoms with Crippen molar-refractivity contribution in [1.29, 1.82) is 0 Å². The first-order valence-corrected chi connectivity index (χ1v) is 7.56. The molecule has 1 saturated heterocycles. The number of hydrogen-bond donors (Lipinski definition) is 1. The third-order valence-corrected chi connectivity index (χ3v) is 3.80. The van der Waals surface area contributed by atoms with Gasteiger partial charge in [0.2, 0.25) is 0 Å². The summed E-state index contributed by atoms with van der Waals surface area (Å²) in [5.74, 6) is 1.46. The second-order valence-corrected chi connectivity index (χ2v) is 5.55. The Morgan fingerprint density at radius 3 is 2.76 bits per heavy atom. The molecule has 21 heavy (non-hydrogen) atoms. The van der Waals surface area contributed by atoms with Crippen LogP contribution in [-0.2, 0) is 4.74 Å². The van der Waals surface area contributed by atoms with E-state index in [0.29, 0.717) is 18.8 Å². The van der Waals surface area contributed by atoms with Gasteiger partial charge in [-0.1, -0.05) is 6.92 Å². The van der Waals surface area contributed by atoms with Gasteiger partial charge in [0.1, 0.15) is 0 Å². The number of amides is 1. The summed E-state index contributed by atoms with van der Waals surface area (Å²) < 4.78 is 4.93. The highest BCUT2D eigenvalue weighted by Gasteiger charge is 2.17. The van der Waals surface area contributed by atoms with Crippen LogP contribution in [0.3, 0.4) is 0 Å². The molecule has 0 saturated carbocycles. The largest absolute Gasteiger partial charge is 0.385 e. The molecule has 0 bridgehead atoms. The number of aromatic nitrogens is 2. The number of piperidine rings is 1. The van der Waals surface area contributed by atoms with E-state index in [0.717, 1.165) is 31.2 Å². The van der Waals surface area contributed by atoms with Crippen LogP contribution in [0.1, 0.15) is 36.7 Å². The number of methoxy groups -OCH3 is 1. The van der Waals surface area contributed by atoms with Crippen LogP contribution in [0.5, 0.6) is 0 Å². The Labute approximate surface area is 125 Å². The van der Waals surface area contributed by atoms with Crippen molar-refractivity contribution in [3.8, 4) is 0 Å². The van der Waals surface area contributed by atoms with E-state index < -0.39 is 0 Å². The Bertz CT molecular complexity index is 441. The molecule has 1 aliphatic rings. The lowest BCUT2D eigenvalue weighted by Crippen LogP contribution is -2.33. The molecule has 6 nitrogen and oxygen atoms in total. The van der Waals surface area contributed by atoms with Crippen LogP contribution in [0.2, 0.25) is 0 Å². The molecular weight excluding hydrogens is 268 g/mol. The Balaban J connectivity index is 1.85. The highest BCUT2D eigenvalue weighted by molar-refractivity contribution is 5.92. The van der Waals surface area contributed by atoms with E-state index >= 15 is 0 Å². The highest BCUT2D eigenvalue weighted by Crippen LogP contribution is 2.20. The minimum absolute atomic E-state index is 0.183. The first kappa shape index (κ1) is 15.7. The average Bonchev–Trinajstić information content (AvgIpc) is 2.52. The fourth-order valence-corrected chi connectivity index (χ4v) is 2.36. The summed E-state index contributed by atoms with van der Waals surface area (Å²) in [6.45, 7) is 5.52. The van der Waals surface area contributed by atoms with Crippen molar-refractivity contribution in [2.45, 2.75) is 26.2 Å². The van der Waals surface area contributed by atoms with E-state index in [1.54, 1.807) is 13.2 Å². The number of rotatable bonds is 6. The summed E-state index contributed by atoms with van der Waals surface area (Å²) in [5, 5.41) is 11.0. The Hall–Kier alpha value is -1.69. The molecule has 1 aromatic rings. The molecule has 0 aromatic carbocycles. The lowest BCUT2D eigenvalue weighted by Gasteiger charge is -2.30. The van der Waals surface area contributed by atoms with Gasteiger partial charge in [0.15, 0.2) is 11.5 Å². The molecular formula is C15H24N4O2. The summed E-state index contributed by atoms with van der Waals surface area (Å²) >= 11 is 0. The lowest BCUT2D eigenvalue weighted by molar-refractivity contribution is 0.0942. The highest BCUT2D eigenvalue weighted by atomic mass is 16.5. The molecule has 1 fully saturated rings. The maximum atomic E-state index is 11.9. The minimum Gasteiger partial charge on any atom is -0.385 e. The molecule has 0 unspecified atom stereocenters. The minimum atomic E-state index is -0.183. The van der Waals surface area contributed by atoms with E-state index in [1.807, 2.05) is 6.07 Å². The molecule has 0 spiro atoms. The van der Waals surface area contributed by atoms with Crippen molar-refractivity contribution in [2.24, 2.45) is 5.92 Å². The van der Waals surface area contributed by atoms with E-state index in [1.165, 1.54) is 12.8 Å². The van der Waals surface area contributed by atoms with Gasteiger partial charge in [0.25, 0.3) is 5.91 Å². The molecule has 1 aliphatic heterocycles. The smallest absolute Gasteiger partial charge is 0.271 e. The number of anilines is 1. The van der Waals surface area contributed by atoms with Crippen LogP contribution in [0.15, 0.2) is 12.1 Å². The number of nitrogens with one attached hydrogen (secondary N) is 1. The van der Waals surface area contributed by atoms with E-state index in [-0.39, 0.29) is 5.91 Å². The monoisotopic (exact) mass is 292 g/mol. The number of carbonyl (C=O) groups is 1. The molecule has 2 rings (SSSR count). The zero-order chi connectivity index (χ0) is 15.1. The van der Waals surface area contributed by atoms with Gasteiger partial charge in [-0.25, -0.2) is 0 Å². The van der Waals surface area contributed by atoms with Gasteiger partial charge in [-0.3, -0.25) is 4.79 Å². The van der Waals surface area contributed by atoms with Crippen molar-refractivity contribution in [2.75, 3.05) is 38.3 Å². The SMILES string of the molecule is COCCCNC(=O)c1ccc(N2CCC(C)CC2)nn1. The predicted molar refractivity (Wildman–Crippen MR) is 81.5 cm³/mol. The molecule has 0 atom stereocenters. The maximum Gasteiger partial charge on any atom is 0.271 e. The fraction of sp³-hybridized carbons (Fsp3) is 0.667. The first-order chi connectivity index (χ1) is 10.2. The molecule has 116 valence electrons. The summed E-state index contributed by atoms with van der Waals surface area (Å²) in [5.41, 5.74) is 0.363. The van der Waals surface area contributed by atoms with Crippen molar-refractivity contribution >= 4 is 11.7 Å². The van der Waals surface area contributed by atoms with Crippen molar-refractivity contribution in [3.63, 3.8) is 0 Å². The molecule has 1 N–H and O–H groups in total. The molecule has 1 amide bonds. The Morgan fingerprint density at radius 1 is 1.38 bits per heavy atom. The van der Waals surface area contributed by atoms with Crippen molar-refractivity contribution in [3.05, 3.63) is 17.8 Å². The predicted octanol–water partition coefficient (Wildman–Crippen LogP) is 1.48. The maximum absolute atomic E-state index is 11.9. The van der Waals surface area contributed by atoms with Gasteiger partial charge in [-0.15, -0.1) is 10.2 Å². The molecule has 1 aromatic heterocycles. The quantitative estimate of drug-likeness (QED) is 0.804. The Kier molecular flexibility index (Phi) is 5.92. The molecule has 0 aliphatic carbocycles. The number of nitrogens with zero attached hydrogens (tertiary/aromatic N) is 3. The van der Waals surface area contributed by atoms with Gasteiger partial charge in [0.05, 0.1) is 0 Å². The third kappa shape index (κ3) is 4.67. The van der Waals surface area contributed by atoms with Gasteiger partial charge in [-0.05, 0) is 37.3 Å². The topological polar surface area (TPSA) is 67.3 Å². The second-order valence-electron chi connectivity index (χ2n) is 5.55. The van der Waals surface area contributed by atoms with Gasteiger partial charge in [-0.2, -0.15) is 0 Å².